The average molecular weight is 302 g/mol. The third-order valence-corrected chi connectivity index (χ3v) is 4.59. The summed E-state index contributed by atoms with van der Waals surface area (Å²) in [5.41, 5.74) is 5.28. The highest BCUT2D eigenvalue weighted by Crippen LogP contribution is 2.33. The van der Waals surface area contributed by atoms with Crippen molar-refractivity contribution < 1.29 is 4.79 Å². The lowest BCUT2D eigenvalue weighted by Crippen LogP contribution is -2.20. The monoisotopic (exact) mass is 302 g/mol. The zero-order chi connectivity index (χ0) is 15.8. The molecular weight excluding hydrogens is 284 g/mol. The van der Waals surface area contributed by atoms with Crippen LogP contribution in [0.1, 0.15) is 39.5 Å². The van der Waals surface area contributed by atoms with Gasteiger partial charge in [0.05, 0.1) is 23.1 Å². The van der Waals surface area contributed by atoms with Crippen molar-refractivity contribution in [1.82, 2.24) is 9.78 Å². The molecule has 1 aliphatic rings. The Morgan fingerprint density at radius 1 is 1.00 bits per heavy atom. The summed E-state index contributed by atoms with van der Waals surface area (Å²) in [7, 11) is 0. The van der Waals surface area contributed by atoms with Crippen molar-refractivity contribution in [1.29, 1.82) is 0 Å². The van der Waals surface area contributed by atoms with Crippen LogP contribution in [0.15, 0.2) is 60.8 Å². The van der Waals surface area contributed by atoms with Crippen molar-refractivity contribution in [3.05, 3.63) is 83.2 Å². The first-order chi connectivity index (χ1) is 11.2. The predicted octanol–water partition coefficient (Wildman–Crippen LogP) is 4.09. The second-order valence-electron chi connectivity index (χ2n) is 6.19. The lowest BCUT2D eigenvalue weighted by Gasteiger charge is -2.23. The van der Waals surface area contributed by atoms with Gasteiger partial charge in [-0.3, -0.25) is 4.79 Å². The number of carbonyl (C=O) groups excluding carboxylic acids is 1. The fraction of sp³-hybridized carbons (Fsp3) is 0.200. The van der Waals surface area contributed by atoms with Crippen LogP contribution in [0, 0.1) is 6.92 Å². The highest BCUT2D eigenvalue weighted by Gasteiger charge is 2.29. The molecule has 3 nitrogen and oxygen atoms in total. The third-order valence-electron chi connectivity index (χ3n) is 4.59. The van der Waals surface area contributed by atoms with Crippen LogP contribution in [0.2, 0.25) is 0 Å². The Hall–Kier alpha value is -2.68. The molecule has 0 saturated heterocycles. The molecule has 114 valence electrons. The molecule has 0 radical (unpaired) electrons. The Bertz CT molecular complexity index is 847. The van der Waals surface area contributed by atoms with Crippen molar-refractivity contribution in [2.45, 2.75) is 25.7 Å². The van der Waals surface area contributed by atoms with Crippen LogP contribution >= 0.6 is 0 Å². The van der Waals surface area contributed by atoms with E-state index in [1.807, 2.05) is 35.0 Å². The molecule has 0 aliphatic heterocycles. The summed E-state index contributed by atoms with van der Waals surface area (Å²) in [6.07, 6.45) is 3.13. The third kappa shape index (κ3) is 2.48. The van der Waals surface area contributed by atoms with E-state index in [1.165, 1.54) is 11.1 Å². The Morgan fingerprint density at radius 3 is 2.48 bits per heavy atom. The van der Waals surface area contributed by atoms with Crippen LogP contribution in [0.25, 0.3) is 5.69 Å². The fourth-order valence-corrected chi connectivity index (χ4v) is 3.31. The van der Waals surface area contributed by atoms with E-state index in [2.05, 4.69) is 36.3 Å². The molecule has 1 unspecified atom stereocenters. The molecule has 0 spiro atoms. The second-order valence-corrected chi connectivity index (χ2v) is 6.19. The van der Waals surface area contributed by atoms with Crippen LogP contribution in [0.4, 0.5) is 0 Å². The quantitative estimate of drug-likeness (QED) is 0.714. The largest absolute Gasteiger partial charge is 0.294 e. The number of aromatic nitrogens is 2. The molecule has 1 aromatic heterocycles. The average Bonchev–Trinajstić information content (AvgIpc) is 3.01. The van der Waals surface area contributed by atoms with Crippen molar-refractivity contribution in [3.63, 3.8) is 0 Å². The zero-order valence-electron chi connectivity index (χ0n) is 13.1. The second kappa shape index (κ2) is 5.51. The van der Waals surface area contributed by atoms with E-state index >= 15 is 0 Å². The minimum absolute atomic E-state index is 0.194. The Kier molecular flexibility index (Phi) is 3.34. The first-order valence-corrected chi connectivity index (χ1v) is 7.94. The van der Waals surface area contributed by atoms with Crippen LogP contribution in [0.3, 0.4) is 0 Å². The number of hydrogen-bond acceptors (Lipinski definition) is 2. The van der Waals surface area contributed by atoms with Gasteiger partial charge in [-0.05, 0) is 37.0 Å². The maximum absolute atomic E-state index is 12.5. The van der Waals surface area contributed by atoms with Crippen molar-refractivity contribution in [2.24, 2.45) is 0 Å². The van der Waals surface area contributed by atoms with Gasteiger partial charge in [0.2, 0.25) is 0 Å². The molecule has 0 amide bonds. The fourth-order valence-electron chi connectivity index (χ4n) is 3.31. The van der Waals surface area contributed by atoms with Crippen molar-refractivity contribution in [3.8, 4) is 5.69 Å². The Balaban J connectivity index is 1.74. The number of carbonyl (C=O) groups is 1. The summed E-state index contributed by atoms with van der Waals surface area (Å²) in [4.78, 5) is 12.5. The minimum Gasteiger partial charge on any atom is -0.294 e. The number of fused-ring (bicyclic) bond motifs is 1. The number of benzene rings is 2. The molecule has 1 atom stereocenters. The van der Waals surface area contributed by atoms with Gasteiger partial charge >= 0.3 is 0 Å². The Labute approximate surface area is 135 Å². The highest BCUT2D eigenvalue weighted by atomic mass is 16.1. The first kappa shape index (κ1) is 13.9. The molecule has 3 heteroatoms. The van der Waals surface area contributed by atoms with E-state index in [4.69, 9.17) is 0 Å². The van der Waals surface area contributed by atoms with Gasteiger partial charge in [-0.25, -0.2) is 4.68 Å². The van der Waals surface area contributed by atoms with E-state index in [0.717, 1.165) is 23.4 Å². The van der Waals surface area contributed by atoms with Crippen LogP contribution in [-0.4, -0.2) is 15.6 Å². The molecule has 4 rings (SSSR count). The Morgan fingerprint density at radius 2 is 1.74 bits per heavy atom. The van der Waals surface area contributed by atoms with Gasteiger partial charge in [-0.15, -0.1) is 0 Å². The number of para-hydroxylation sites is 1. The summed E-state index contributed by atoms with van der Waals surface area (Å²) >= 11 is 0. The zero-order valence-corrected chi connectivity index (χ0v) is 13.1. The van der Waals surface area contributed by atoms with Gasteiger partial charge in [-0.1, -0.05) is 48.0 Å². The molecule has 1 aliphatic carbocycles. The van der Waals surface area contributed by atoms with Crippen LogP contribution in [0.5, 0.6) is 0 Å². The van der Waals surface area contributed by atoms with Crippen LogP contribution in [-0.2, 0) is 6.42 Å². The summed E-state index contributed by atoms with van der Waals surface area (Å²) in [5.74, 6) is 0.425. The molecule has 1 heterocycles. The van der Waals surface area contributed by atoms with Crippen molar-refractivity contribution in [2.75, 3.05) is 0 Å². The SMILES string of the molecule is Cc1ccc(C2CC(=O)c3cnn(-c4ccccc4)c3C2)cc1. The van der Waals surface area contributed by atoms with Gasteiger partial charge in [0.25, 0.3) is 0 Å². The number of aryl methyl sites for hydroxylation is 1. The molecule has 0 N–H and O–H groups in total. The molecular formula is C20H18N2O. The van der Waals surface area contributed by atoms with E-state index in [0.29, 0.717) is 6.42 Å². The normalized spacial score (nSPS) is 17.1. The molecule has 0 fully saturated rings. The van der Waals surface area contributed by atoms with E-state index < -0.39 is 0 Å². The summed E-state index contributed by atoms with van der Waals surface area (Å²) in [6, 6.07) is 18.5. The number of nitrogens with zero attached hydrogens (tertiary/aromatic N) is 2. The maximum atomic E-state index is 12.5. The van der Waals surface area contributed by atoms with Gasteiger partial charge in [-0.2, -0.15) is 5.10 Å². The minimum atomic E-state index is 0.194. The lowest BCUT2D eigenvalue weighted by molar-refractivity contribution is 0.0964. The van der Waals surface area contributed by atoms with Crippen LogP contribution < -0.4 is 0 Å². The van der Waals surface area contributed by atoms with Gasteiger partial charge in [0.1, 0.15) is 0 Å². The molecule has 23 heavy (non-hydrogen) atoms. The first-order valence-electron chi connectivity index (χ1n) is 7.94. The summed E-state index contributed by atoms with van der Waals surface area (Å²) in [6.45, 7) is 2.08. The van der Waals surface area contributed by atoms with Crippen molar-refractivity contribution >= 4 is 5.78 Å². The van der Waals surface area contributed by atoms with Gasteiger partial charge in [0, 0.05) is 6.42 Å². The number of ketones is 1. The lowest BCUT2D eigenvalue weighted by atomic mass is 9.82. The van der Waals surface area contributed by atoms with Gasteiger partial charge in [0.15, 0.2) is 5.78 Å². The summed E-state index contributed by atoms with van der Waals surface area (Å²) < 4.78 is 1.91. The van der Waals surface area contributed by atoms with E-state index in [1.54, 1.807) is 6.20 Å². The topological polar surface area (TPSA) is 34.9 Å². The molecule has 3 aromatic rings. The summed E-state index contributed by atoms with van der Waals surface area (Å²) in [5, 5.41) is 4.46. The molecule has 0 bridgehead atoms. The molecule has 2 aromatic carbocycles. The number of hydrogen-bond donors (Lipinski definition) is 0. The standard InChI is InChI=1S/C20H18N2O/c1-14-7-9-15(10-8-14)16-11-19-18(20(23)12-16)13-21-22(19)17-5-3-2-4-6-17/h2-10,13,16H,11-12H2,1H3. The van der Waals surface area contributed by atoms with E-state index in [9.17, 15) is 4.79 Å². The van der Waals surface area contributed by atoms with Gasteiger partial charge < -0.3 is 0 Å². The predicted molar refractivity (Wildman–Crippen MR) is 90.1 cm³/mol. The maximum Gasteiger partial charge on any atom is 0.166 e. The van der Waals surface area contributed by atoms with E-state index in [-0.39, 0.29) is 11.7 Å². The smallest absolute Gasteiger partial charge is 0.166 e. The molecule has 0 saturated carbocycles. The number of Topliss-reactive ketones (excluding diaryl/α,β-unsaturated/α-hetero) is 1. The number of rotatable bonds is 2. The highest BCUT2D eigenvalue weighted by molar-refractivity contribution is 5.98.